The van der Waals surface area contributed by atoms with Crippen LogP contribution in [0.3, 0.4) is 0 Å². The maximum atomic E-state index is 4.39. The molecule has 0 unspecified atom stereocenters. The molecule has 102 valence electrons. The molecule has 3 aromatic rings. The second kappa shape index (κ2) is 6.08. The highest BCUT2D eigenvalue weighted by atomic mass is 79.9. The Bertz CT molecular complexity index is 704. The van der Waals surface area contributed by atoms with Crippen LogP contribution in [-0.4, -0.2) is 4.98 Å². The summed E-state index contributed by atoms with van der Waals surface area (Å²) in [6, 6.07) is 10.5. The topological polar surface area (TPSA) is 24.9 Å². The smallest absolute Gasteiger partial charge is 0.106 e. The highest BCUT2D eigenvalue weighted by Crippen LogP contribution is 2.29. The van der Waals surface area contributed by atoms with Crippen LogP contribution >= 0.6 is 38.6 Å². The Morgan fingerprint density at radius 1 is 1.25 bits per heavy atom. The second-order valence-electron chi connectivity index (χ2n) is 4.40. The van der Waals surface area contributed by atoms with E-state index < -0.39 is 0 Å². The predicted molar refractivity (Wildman–Crippen MR) is 91.6 cm³/mol. The van der Waals surface area contributed by atoms with E-state index in [-0.39, 0.29) is 0 Å². The molecule has 3 rings (SSSR count). The fraction of sp³-hybridized carbons (Fsp3) is 0.133. The van der Waals surface area contributed by atoms with E-state index in [1.807, 2.05) is 13.0 Å². The zero-order valence-electron chi connectivity index (χ0n) is 10.9. The van der Waals surface area contributed by atoms with Crippen LogP contribution in [0.25, 0.3) is 10.4 Å². The first kappa shape index (κ1) is 13.8. The van der Waals surface area contributed by atoms with Crippen molar-refractivity contribution in [3.8, 4) is 10.4 Å². The number of rotatable bonds is 4. The Kier molecular flexibility index (Phi) is 4.19. The summed E-state index contributed by atoms with van der Waals surface area (Å²) in [7, 11) is 0. The Balaban J connectivity index is 1.70. The van der Waals surface area contributed by atoms with Crippen LogP contribution in [0.1, 0.15) is 10.6 Å². The highest BCUT2D eigenvalue weighted by Gasteiger charge is 2.05. The summed E-state index contributed by atoms with van der Waals surface area (Å²) in [6.07, 6.45) is 0. The number of anilines is 1. The first-order chi connectivity index (χ1) is 9.72. The third-order valence-electron chi connectivity index (χ3n) is 2.96. The zero-order chi connectivity index (χ0) is 13.9. The van der Waals surface area contributed by atoms with Crippen molar-refractivity contribution >= 4 is 44.3 Å². The van der Waals surface area contributed by atoms with E-state index in [2.05, 4.69) is 61.3 Å². The Hall–Kier alpha value is -1.17. The van der Waals surface area contributed by atoms with Gasteiger partial charge in [-0.05, 0) is 57.9 Å². The van der Waals surface area contributed by atoms with E-state index in [1.165, 1.54) is 15.3 Å². The molecule has 0 amide bonds. The molecule has 0 saturated heterocycles. The molecule has 0 aliphatic rings. The number of nitrogens with zero attached hydrogens (tertiary/aromatic N) is 1. The summed E-state index contributed by atoms with van der Waals surface area (Å²) in [5.74, 6) is 0. The molecule has 2 nitrogen and oxygen atoms in total. The average Bonchev–Trinajstić information content (AvgIpc) is 3.08. The molecule has 0 bridgehead atoms. The quantitative estimate of drug-likeness (QED) is 0.613. The number of aromatic nitrogens is 1. The molecule has 1 N–H and O–H groups in total. The largest absolute Gasteiger partial charge is 0.379 e. The SMILES string of the molecule is Cc1nc(Br)ccc1NCc1cc(-c2cccs2)cs1. The Labute approximate surface area is 134 Å². The van der Waals surface area contributed by atoms with Gasteiger partial charge < -0.3 is 5.32 Å². The van der Waals surface area contributed by atoms with Gasteiger partial charge in [0.15, 0.2) is 0 Å². The van der Waals surface area contributed by atoms with E-state index in [1.54, 1.807) is 22.7 Å². The number of hydrogen-bond acceptors (Lipinski definition) is 4. The first-order valence-corrected chi connectivity index (χ1v) is 8.76. The molecule has 0 fully saturated rings. The second-order valence-corrected chi connectivity index (χ2v) is 7.16. The summed E-state index contributed by atoms with van der Waals surface area (Å²) in [6.45, 7) is 2.85. The molecule has 5 heteroatoms. The average molecular weight is 365 g/mol. The van der Waals surface area contributed by atoms with Crippen molar-refractivity contribution in [3.63, 3.8) is 0 Å². The van der Waals surface area contributed by atoms with Gasteiger partial charge in [-0.25, -0.2) is 4.98 Å². The van der Waals surface area contributed by atoms with E-state index in [0.29, 0.717) is 0 Å². The molecule has 3 aromatic heterocycles. The number of aryl methyl sites for hydroxylation is 1. The summed E-state index contributed by atoms with van der Waals surface area (Å²) >= 11 is 6.95. The third kappa shape index (κ3) is 3.11. The van der Waals surface area contributed by atoms with E-state index in [4.69, 9.17) is 0 Å². The van der Waals surface area contributed by atoms with Crippen LogP contribution in [0, 0.1) is 6.92 Å². The first-order valence-electron chi connectivity index (χ1n) is 6.21. The van der Waals surface area contributed by atoms with Gasteiger partial charge in [0.1, 0.15) is 4.60 Å². The van der Waals surface area contributed by atoms with Crippen molar-refractivity contribution in [2.45, 2.75) is 13.5 Å². The van der Waals surface area contributed by atoms with Crippen molar-refractivity contribution in [3.05, 3.63) is 56.3 Å². The normalized spacial score (nSPS) is 10.7. The van der Waals surface area contributed by atoms with Gasteiger partial charge in [0.25, 0.3) is 0 Å². The van der Waals surface area contributed by atoms with E-state index in [0.717, 1.165) is 22.5 Å². The van der Waals surface area contributed by atoms with Gasteiger partial charge in [0.05, 0.1) is 11.4 Å². The predicted octanol–water partition coefficient (Wildman–Crippen LogP) is 5.55. The number of hydrogen-bond donors (Lipinski definition) is 1. The van der Waals surface area contributed by atoms with Crippen molar-refractivity contribution < 1.29 is 0 Å². The van der Waals surface area contributed by atoms with Gasteiger partial charge in [-0.15, -0.1) is 22.7 Å². The van der Waals surface area contributed by atoms with Crippen LogP contribution in [0.15, 0.2) is 45.7 Å². The fourth-order valence-electron chi connectivity index (χ4n) is 1.94. The summed E-state index contributed by atoms with van der Waals surface area (Å²) in [5, 5.41) is 7.78. The van der Waals surface area contributed by atoms with Crippen molar-refractivity contribution in [2.24, 2.45) is 0 Å². The standard InChI is InChI=1S/C15H13BrN2S2/c1-10-13(4-5-15(16)18-10)17-8-12-7-11(9-20-12)14-3-2-6-19-14/h2-7,9,17H,8H2,1H3. The lowest BCUT2D eigenvalue weighted by Gasteiger charge is -2.07. The lowest BCUT2D eigenvalue weighted by Crippen LogP contribution is -2.00. The Morgan fingerprint density at radius 2 is 2.15 bits per heavy atom. The summed E-state index contributed by atoms with van der Waals surface area (Å²) < 4.78 is 0.872. The lowest BCUT2D eigenvalue weighted by atomic mass is 10.2. The third-order valence-corrected chi connectivity index (χ3v) is 5.26. The minimum atomic E-state index is 0.834. The fourth-order valence-corrected chi connectivity index (χ4v) is 3.96. The monoisotopic (exact) mass is 364 g/mol. The molecule has 0 spiro atoms. The van der Waals surface area contributed by atoms with Crippen LogP contribution in [-0.2, 0) is 6.54 Å². The number of pyridine rings is 1. The van der Waals surface area contributed by atoms with E-state index >= 15 is 0 Å². The molecule has 3 heterocycles. The van der Waals surface area contributed by atoms with Gasteiger partial charge in [0, 0.05) is 21.9 Å². The maximum absolute atomic E-state index is 4.39. The van der Waals surface area contributed by atoms with Crippen LogP contribution in [0.2, 0.25) is 0 Å². The van der Waals surface area contributed by atoms with E-state index in [9.17, 15) is 0 Å². The van der Waals surface area contributed by atoms with Gasteiger partial charge in [-0.3, -0.25) is 0 Å². The molecule has 0 atom stereocenters. The van der Waals surface area contributed by atoms with Gasteiger partial charge >= 0.3 is 0 Å². The van der Waals surface area contributed by atoms with Crippen LogP contribution in [0.5, 0.6) is 0 Å². The van der Waals surface area contributed by atoms with Crippen molar-refractivity contribution in [1.82, 2.24) is 4.98 Å². The lowest BCUT2D eigenvalue weighted by molar-refractivity contribution is 1.11. The minimum absolute atomic E-state index is 0.834. The minimum Gasteiger partial charge on any atom is -0.379 e. The Morgan fingerprint density at radius 3 is 2.90 bits per heavy atom. The number of nitrogens with one attached hydrogen (secondary N) is 1. The number of halogens is 1. The maximum Gasteiger partial charge on any atom is 0.106 e. The van der Waals surface area contributed by atoms with Crippen LogP contribution in [0.4, 0.5) is 5.69 Å². The highest BCUT2D eigenvalue weighted by molar-refractivity contribution is 9.10. The molecule has 0 saturated carbocycles. The molecule has 0 radical (unpaired) electrons. The molecular weight excluding hydrogens is 352 g/mol. The van der Waals surface area contributed by atoms with Gasteiger partial charge in [-0.1, -0.05) is 6.07 Å². The summed E-state index contributed by atoms with van der Waals surface area (Å²) in [5.41, 5.74) is 3.40. The molecule has 20 heavy (non-hydrogen) atoms. The molecule has 0 aliphatic heterocycles. The molecule has 0 aliphatic carbocycles. The van der Waals surface area contributed by atoms with Crippen LogP contribution < -0.4 is 5.32 Å². The molecular formula is C15H13BrN2S2. The van der Waals surface area contributed by atoms with Gasteiger partial charge in [-0.2, -0.15) is 0 Å². The summed E-state index contributed by atoms with van der Waals surface area (Å²) in [4.78, 5) is 7.05. The number of thiophene rings is 2. The van der Waals surface area contributed by atoms with Gasteiger partial charge in [0.2, 0.25) is 0 Å². The molecule has 0 aromatic carbocycles. The van der Waals surface area contributed by atoms with Crippen molar-refractivity contribution in [2.75, 3.05) is 5.32 Å². The van der Waals surface area contributed by atoms with Crippen molar-refractivity contribution in [1.29, 1.82) is 0 Å². The zero-order valence-corrected chi connectivity index (χ0v) is 14.1.